The summed E-state index contributed by atoms with van der Waals surface area (Å²) in [5.41, 5.74) is 1.62. The van der Waals surface area contributed by atoms with Gasteiger partial charge >= 0.3 is 0 Å². The highest BCUT2D eigenvalue weighted by atomic mass is 35.5. The molecule has 0 heterocycles. The Morgan fingerprint density at radius 3 is 2.24 bits per heavy atom. The number of nitrogens with one attached hydrogen (secondary N) is 1. The van der Waals surface area contributed by atoms with E-state index in [4.69, 9.17) is 27.9 Å². The molecule has 0 radical (unpaired) electrons. The van der Waals surface area contributed by atoms with Gasteiger partial charge in [0.15, 0.2) is 0 Å². The van der Waals surface area contributed by atoms with Gasteiger partial charge < -0.3 is 15.0 Å². The highest BCUT2D eigenvalue weighted by Crippen LogP contribution is 2.34. The molecular weight excluding hydrogens is 597 g/mol. The molecule has 3 rings (SSSR count). The maximum Gasteiger partial charge on any atom is 0.264 e. The van der Waals surface area contributed by atoms with Crippen LogP contribution in [0.2, 0.25) is 10.0 Å². The number of amides is 2. The van der Waals surface area contributed by atoms with Crippen LogP contribution in [0.1, 0.15) is 44.7 Å². The third-order valence-electron chi connectivity index (χ3n) is 6.94. The first kappa shape index (κ1) is 33.2. The van der Waals surface area contributed by atoms with Gasteiger partial charge in [-0.3, -0.25) is 13.9 Å². The van der Waals surface area contributed by atoms with E-state index in [2.05, 4.69) is 5.32 Å². The van der Waals surface area contributed by atoms with Crippen molar-refractivity contribution < 1.29 is 22.7 Å². The zero-order valence-corrected chi connectivity index (χ0v) is 26.8. The van der Waals surface area contributed by atoms with Crippen LogP contribution in [-0.2, 0) is 26.2 Å². The molecule has 0 fully saturated rings. The lowest BCUT2D eigenvalue weighted by Crippen LogP contribution is -2.53. The normalized spacial score (nSPS) is 12.7. The van der Waals surface area contributed by atoms with Gasteiger partial charge in [0, 0.05) is 12.6 Å². The van der Waals surface area contributed by atoms with Gasteiger partial charge in [0.25, 0.3) is 10.0 Å². The van der Waals surface area contributed by atoms with Crippen LogP contribution >= 0.6 is 23.2 Å². The van der Waals surface area contributed by atoms with Gasteiger partial charge in [-0.25, -0.2) is 8.42 Å². The molecular formula is C31H37Cl2N3O5S. The number of halogens is 2. The van der Waals surface area contributed by atoms with E-state index in [0.29, 0.717) is 28.5 Å². The van der Waals surface area contributed by atoms with Gasteiger partial charge in [-0.15, -0.1) is 0 Å². The monoisotopic (exact) mass is 633 g/mol. The first-order chi connectivity index (χ1) is 19.9. The lowest BCUT2D eigenvalue weighted by atomic mass is 10.1. The fraction of sp³-hybridized carbons (Fsp3) is 0.355. The van der Waals surface area contributed by atoms with Crippen LogP contribution in [0.4, 0.5) is 5.69 Å². The Kier molecular flexibility index (Phi) is 11.7. The van der Waals surface area contributed by atoms with Crippen molar-refractivity contribution in [1.29, 1.82) is 0 Å². The van der Waals surface area contributed by atoms with Crippen LogP contribution in [0.15, 0.2) is 71.6 Å². The first-order valence-corrected chi connectivity index (χ1v) is 15.9. The standard InChI is InChI=1S/C31H37Cl2N3O5S/c1-6-22(4)34-31(38)27(7-2)35(19-23-14-15-25(32)26(33)18-23)30(37)20-36(28-17-21(3)13-16-29(28)41-5)42(39,40)24-11-9-8-10-12-24/h8-18,22,27H,6-7,19-20H2,1-5H3,(H,34,38)/t22-,27-/m0/s1. The topological polar surface area (TPSA) is 96.0 Å². The Labute approximate surface area is 258 Å². The molecule has 0 aromatic heterocycles. The van der Waals surface area contributed by atoms with Crippen molar-refractivity contribution in [2.24, 2.45) is 0 Å². The van der Waals surface area contributed by atoms with Crippen LogP contribution in [-0.4, -0.2) is 50.9 Å². The summed E-state index contributed by atoms with van der Waals surface area (Å²) in [4.78, 5) is 29.1. The number of carbonyl (C=O) groups excluding carboxylic acids is 2. The number of hydrogen-bond donors (Lipinski definition) is 1. The number of ether oxygens (including phenoxy) is 1. The molecule has 1 N–H and O–H groups in total. The summed E-state index contributed by atoms with van der Waals surface area (Å²) in [6.45, 7) is 6.89. The number of aryl methyl sites for hydroxylation is 1. The maximum absolute atomic E-state index is 14.2. The number of sulfonamides is 1. The Morgan fingerprint density at radius 2 is 1.64 bits per heavy atom. The quantitative estimate of drug-likeness (QED) is 0.241. The van der Waals surface area contributed by atoms with Gasteiger partial charge in [-0.2, -0.15) is 0 Å². The molecule has 0 aliphatic rings. The Bertz CT molecular complexity index is 1500. The van der Waals surface area contributed by atoms with Crippen molar-refractivity contribution in [1.82, 2.24) is 10.2 Å². The molecule has 2 amide bonds. The summed E-state index contributed by atoms with van der Waals surface area (Å²) in [5, 5.41) is 3.61. The molecule has 0 spiro atoms. The number of nitrogens with zero attached hydrogens (tertiary/aromatic N) is 2. The van der Waals surface area contributed by atoms with E-state index in [1.54, 1.807) is 61.5 Å². The summed E-state index contributed by atoms with van der Waals surface area (Å²) in [6, 6.07) is 17.0. The molecule has 0 saturated carbocycles. The van der Waals surface area contributed by atoms with Crippen molar-refractivity contribution >= 4 is 50.7 Å². The molecule has 0 saturated heterocycles. The summed E-state index contributed by atoms with van der Waals surface area (Å²) >= 11 is 12.4. The number of carbonyl (C=O) groups is 2. The Morgan fingerprint density at radius 1 is 0.952 bits per heavy atom. The van der Waals surface area contributed by atoms with Crippen molar-refractivity contribution in [3.8, 4) is 5.75 Å². The highest BCUT2D eigenvalue weighted by molar-refractivity contribution is 7.92. The maximum atomic E-state index is 14.2. The molecule has 11 heteroatoms. The Balaban J connectivity index is 2.13. The molecule has 42 heavy (non-hydrogen) atoms. The van der Waals surface area contributed by atoms with Gasteiger partial charge in [0.2, 0.25) is 11.8 Å². The van der Waals surface area contributed by atoms with Crippen LogP contribution < -0.4 is 14.4 Å². The van der Waals surface area contributed by atoms with Crippen LogP contribution in [0.25, 0.3) is 0 Å². The van der Waals surface area contributed by atoms with E-state index in [1.165, 1.54) is 24.1 Å². The second kappa shape index (κ2) is 14.8. The van der Waals surface area contributed by atoms with Crippen LogP contribution in [0.3, 0.4) is 0 Å². The first-order valence-electron chi connectivity index (χ1n) is 13.7. The third-order valence-corrected chi connectivity index (χ3v) is 9.45. The average Bonchev–Trinajstić information content (AvgIpc) is 2.97. The van der Waals surface area contributed by atoms with E-state index in [9.17, 15) is 18.0 Å². The summed E-state index contributed by atoms with van der Waals surface area (Å²) in [7, 11) is -2.79. The van der Waals surface area contributed by atoms with Gasteiger partial charge in [-0.1, -0.05) is 67.4 Å². The molecule has 8 nitrogen and oxygen atoms in total. The van der Waals surface area contributed by atoms with Gasteiger partial charge in [-0.05, 0) is 74.2 Å². The number of hydrogen-bond acceptors (Lipinski definition) is 5. The third kappa shape index (κ3) is 7.96. The minimum absolute atomic E-state index is 0.00628. The van der Waals surface area contributed by atoms with Crippen LogP contribution in [0.5, 0.6) is 5.75 Å². The van der Waals surface area contributed by atoms with Crippen molar-refractivity contribution in [3.63, 3.8) is 0 Å². The summed E-state index contributed by atoms with van der Waals surface area (Å²) in [5.74, 6) is -0.619. The van der Waals surface area contributed by atoms with E-state index in [0.717, 1.165) is 9.87 Å². The molecule has 226 valence electrons. The second-order valence-electron chi connectivity index (χ2n) is 10.0. The van der Waals surface area contributed by atoms with Gasteiger partial charge in [0.05, 0.1) is 27.7 Å². The predicted molar refractivity (Wildman–Crippen MR) is 168 cm³/mol. The minimum Gasteiger partial charge on any atom is -0.495 e. The Hall–Kier alpha value is -3.27. The molecule has 0 unspecified atom stereocenters. The lowest BCUT2D eigenvalue weighted by Gasteiger charge is -2.34. The highest BCUT2D eigenvalue weighted by Gasteiger charge is 2.35. The van der Waals surface area contributed by atoms with Crippen molar-refractivity contribution in [2.75, 3.05) is 18.0 Å². The molecule has 3 aromatic rings. The predicted octanol–water partition coefficient (Wildman–Crippen LogP) is 6.23. The molecule has 0 bridgehead atoms. The SMILES string of the molecule is CC[C@H](C)NC(=O)[C@H](CC)N(Cc1ccc(Cl)c(Cl)c1)C(=O)CN(c1cc(C)ccc1OC)S(=O)(=O)c1ccccc1. The van der Waals surface area contributed by atoms with E-state index >= 15 is 0 Å². The second-order valence-corrected chi connectivity index (χ2v) is 12.7. The number of benzene rings is 3. The fourth-order valence-corrected chi connectivity index (χ4v) is 6.18. The molecule has 3 aromatic carbocycles. The molecule has 0 aliphatic heterocycles. The van der Waals surface area contributed by atoms with E-state index < -0.39 is 28.5 Å². The molecule has 2 atom stereocenters. The fourth-order valence-electron chi connectivity index (χ4n) is 4.42. The number of anilines is 1. The van der Waals surface area contributed by atoms with E-state index in [-0.39, 0.29) is 34.8 Å². The largest absolute Gasteiger partial charge is 0.495 e. The summed E-state index contributed by atoms with van der Waals surface area (Å²) < 4.78 is 34.7. The molecule has 0 aliphatic carbocycles. The minimum atomic E-state index is -4.23. The van der Waals surface area contributed by atoms with Crippen molar-refractivity contribution in [3.05, 3.63) is 87.9 Å². The number of rotatable bonds is 13. The zero-order chi connectivity index (χ0) is 31.0. The lowest BCUT2D eigenvalue weighted by molar-refractivity contribution is -0.140. The average molecular weight is 635 g/mol. The van der Waals surface area contributed by atoms with Crippen molar-refractivity contribution in [2.45, 2.75) is 64.1 Å². The number of methoxy groups -OCH3 is 1. The van der Waals surface area contributed by atoms with E-state index in [1.807, 2.05) is 20.8 Å². The van der Waals surface area contributed by atoms with Crippen LogP contribution in [0, 0.1) is 6.92 Å². The van der Waals surface area contributed by atoms with Gasteiger partial charge in [0.1, 0.15) is 18.3 Å². The summed E-state index contributed by atoms with van der Waals surface area (Å²) in [6.07, 6.45) is 1.01. The zero-order valence-electron chi connectivity index (χ0n) is 24.4. The smallest absolute Gasteiger partial charge is 0.264 e.